The van der Waals surface area contributed by atoms with E-state index in [4.69, 9.17) is 5.73 Å². The summed E-state index contributed by atoms with van der Waals surface area (Å²) in [4.78, 5) is 0. The summed E-state index contributed by atoms with van der Waals surface area (Å²) in [5, 5.41) is 0. The Morgan fingerprint density at radius 1 is 1.55 bits per heavy atom. The van der Waals surface area contributed by atoms with Crippen molar-refractivity contribution >= 4 is 23.0 Å². The molecule has 0 aromatic carbocycles. The third kappa shape index (κ3) is 3.17. The van der Waals surface area contributed by atoms with E-state index < -0.39 is 10.6 Å². The van der Waals surface area contributed by atoms with Crippen LogP contribution in [0.3, 0.4) is 0 Å². The molecule has 0 radical (unpaired) electrons. The van der Waals surface area contributed by atoms with Gasteiger partial charge in [-0.1, -0.05) is 0 Å². The van der Waals surface area contributed by atoms with Crippen LogP contribution in [0.2, 0.25) is 0 Å². The summed E-state index contributed by atoms with van der Waals surface area (Å²) in [6.45, 7) is 1.92. The third-order valence-corrected chi connectivity index (χ3v) is 3.89. The number of rotatable bonds is 1. The molecule has 70 valence electrons. The van der Waals surface area contributed by atoms with Crippen molar-refractivity contribution in [3.05, 3.63) is 0 Å². The van der Waals surface area contributed by atoms with Gasteiger partial charge in [-0.05, 0) is 19.3 Å². The molecule has 2 atom stereocenters. The number of hydrogen-bond acceptors (Lipinski definition) is 3. The Kier molecular flexibility index (Phi) is 4.15. The van der Waals surface area contributed by atoms with Gasteiger partial charge >= 0.3 is 0 Å². The second-order valence-corrected chi connectivity index (χ2v) is 5.43. The van der Waals surface area contributed by atoms with Gasteiger partial charge in [0.15, 0.2) is 0 Å². The molecular weight excluding hydrogens is 186 g/mol. The molecule has 0 saturated carbocycles. The highest BCUT2D eigenvalue weighted by atomic mass is 35.5. The zero-order chi connectivity index (χ0) is 7.78. The minimum absolute atomic E-state index is 0. The van der Waals surface area contributed by atoms with E-state index in [1.165, 1.54) is 0 Å². The SMILES string of the molecule is CC(N)C1CCS(O)(O)C1.Cl. The molecule has 5 heteroatoms. The van der Waals surface area contributed by atoms with Crippen molar-refractivity contribution in [3.8, 4) is 0 Å². The lowest BCUT2D eigenvalue weighted by Crippen LogP contribution is -2.26. The first-order valence-electron chi connectivity index (χ1n) is 3.50. The van der Waals surface area contributed by atoms with Crippen LogP contribution in [0.25, 0.3) is 0 Å². The lowest BCUT2D eigenvalue weighted by atomic mass is 10.0. The summed E-state index contributed by atoms with van der Waals surface area (Å²) in [5.41, 5.74) is 5.61. The Labute approximate surface area is 75.1 Å². The van der Waals surface area contributed by atoms with Crippen LogP contribution in [0.15, 0.2) is 0 Å². The fourth-order valence-electron chi connectivity index (χ4n) is 1.26. The van der Waals surface area contributed by atoms with Gasteiger partial charge in [-0.25, -0.2) is 0 Å². The molecule has 1 rings (SSSR count). The van der Waals surface area contributed by atoms with Gasteiger partial charge in [-0.3, -0.25) is 9.11 Å². The van der Waals surface area contributed by atoms with Gasteiger partial charge in [0.05, 0.1) is 0 Å². The largest absolute Gasteiger partial charge is 0.328 e. The molecule has 0 amide bonds. The molecule has 0 aromatic heterocycles. The quantitative estimate of drug-likeness (QED) is 0.603. The van der Waals surface area contributed by atoms with Crippen molar-refractivity contribution in [2.75, 3.05) is 11.5 Å². The van der Waals surface area contributed by atoms with Crippen molar-refractivity contribution in [2.45, 2.75) is 19.4 Å². The molecule has 0 aliphatic carbocycles. The maximum absolute atomic E-state index is 9.20. The van der Waals surface area contributed by atoms with Crippen LogP contribution >= 0.6 is 23.0 Å². The fourth-order valence-corrected chi connectivity index (χ4v) is 3.27. The maximum atomic E-state index is 9.20. The van der Waals surface area contributed by atoms with E-state index in [0.29, 0.717) is 17.4 Å². The van der Waals surface area contributed by atoms with Gasteiger partial charge in [0.2, 0.25) is 0 Å². The van der Waals surface area contributed by atoms with Crippen molar-refractivity contribution in [3.63, 3.8) is 0 Å². The highest BCUT2D eigenvalue weighted by Gasteiger charge is 2.30. The van der Waals surface area contributed by atoms with Crippen LogP contribution in [0.5, 0.6) is 0 Å². The summed E-state index contributed by atoms with van der Waals surface area (Å²) in [6.07, 6.45) is 0.875. The van der Waals surface area contributed by atoms with Gasteiger partial charge in [-0.15, -0.1) is 12.4 Å². The number of halogens is 1. The summed E-state index contributed by atoms with van der Waals surface area (Å²) >= 11 is 0. The van der Waals surface area contributed by atoms with Crippen molar-refractivity contribution in [2.24, 2.45) is 11.7 Å². The van der Waals surface area contributed by atoms with Crippen LogP contribution < -0.4 is 5.73 Å². The second-order valence-electron chi connectivity index (χ2n) is 3.08. The van der Waals surface area contributed by atoms with Gasteiger partial charge in [0, 0.05) is 17.5 Å². The summed E-state index contributed by atoms with van der Waals surface area (Å²) in [6, 6.07) is 0.105. The van der Waals surface area contributed by atoms with Crippen LogP contribution in [0.1, 0.15) is 13.3 Å². The highest BCUT2D eigenvalue weighted by molar-refractivity contribution is 8.24. The van der Waals surface area contributed by atoms with Crippen LogP contribution in [-0.4, -0.2) is 26.7 Å². The third-order valence-electron chi connectivity index (χ3n) is 2.04. The highest BCUT2D eigenvalue weighted by Crippen LogP contribution is 2.48. The molecule has 1 fully saturated rings. The van der Waals surface area contributed by atoms with E-state index in [2.05, 4.69) is 0 Å². The molecule has 0 bridgehead atoms. The van der Waals surface area contributed by atoms with E-state index in [-0.39, 0.29) is 18.4 Å². The summed E-state index contributed by atoms with van der Waals surface area (Å²) < 4.78 is 18.4. The Morgan fingerprint density at radius 2 is 2.09 bits per heavy atom. The average Bonchev–Trinajstić information content (AvgIpc) is 2.10. The van der Waals surface area contributed by atoms with E-state index >= 15 is 0 Å². The summed E-state index contributed by atoms with van der Waals surface area (Å²) in [7, 11) is -2.22. The normalized spacial score (nSPS) is 34.0. The topological polar surface area (TPSA) is 66.5 Å². The van der Waals surface area contributed by atoms with Crippen LogP contribution in [0.4, 0.5) is 0 Å². The van der Waals surface area contributed by atoms with Crippen molar-refractivity contribution < 1.29 is 9.11 Å². The molecule has 0 spiro atoms. The van der Waals surface area contributed by atoms with Gasteiger partial charge in [-0.2, -0.15) is 10.6 Å². The van der Waals surface area contributed by atoms with E-state index in [1.807, 2.05) is 6.92 Å². The standard InChI is InChI=1S/C6H15NO2S.ClH/c1-5(7)6-2-3-10(8,9)4-6;/h5-6,8-9H,2-4,7H2,1H3;1H. The van der Waals surface area contributed by atoms with Crippen LogP contribution in [0, 0.1) is 5.92 Å². The Balaban J connectivity index is 0.000001000. The van der Waals surface area contributed by atoms with Gasteiger partial charge in [0.1, 0.15) is 0 Å². The molecular formula is C6H16ClNO2S. The van der Waals surface area contributed by atoms with Crippen molar-refractivity contribution in [1.29, 1.82) is 0 Å². The molecule has 1 aliphatic rings. The van der Waals surface area contributed by atoms with E-state index in [1.54, 1.807) is 0 Å². The van der Waals surface area contributed by atoms with Gasteiger partial charge < -0.3 is 5.73 Å². The first kappa shape index (κ1) is 11.5. The molecule has 1 aliphatic heterocycles. The second kappa shape index (κ2) is 3.96. The predicted molar refractivity (Wildman–Crippen MR) is 51.6 cm³/mol. The number of nitrogens with two attached hydrogens (primary N) is 1. The first-order valence-corrected chi connectivity index (χ1v) is 5.39. The first-order chi connectivity index (χ1) is 4.51. The molecule has 2 unspecified atom stereocenters. The molecule has 3 nitrogen and oxygen atoms in total. The average molecular weight is 202 g/mol. The zero-order valence-electron chi connectivity index (χ0n) is 6.56. The molecule has 4 N–H and O–H groups in total. The Morgan fingerprint density at radius 3 is 2.27 bits per heavy atom. The van der Waals surface area contributed by atoms with E-state index in [9.17, 15) is 9.11 Å². The summed E-state index contributed by atoms with van der Waals surface area (Å²) in [5.74, 6) is 1.40. The van der Waals surface area contributed by atoms with E-state index in [0.717, 1.165) is 6.42 Å². The Bertz CT molecular complexity index is 132. The molecule has 11 heavy (non-hydrogen) atoms. The Hall–Kier alpha value is 0.520. The number of hydrogen-bond donors (Lipinski definition) is 3. The minimum atomic E-state index is -2.22. The minimum Gasteiger partial charge on any atom is -0.328 e. The molecule has 1 heterocycles. The van der Waals surface area contributed by atoms with Gasteiger partial charge in [0.25, 0.3) is 0 Å². The predicted octanol–water partition coefficient (Wildman–Crippen LogP) is 1.53. The fraction of sp³-hybridized carbons (Fsp3) is 1.00. The van der Waals surface area contributed by atoms with Crippen LogP contribution in [-0.2, 0) is 0 Å². The molecule has 1 saturated heterocycles. The maximum Gasteiger partial charge on any atom is 0.0417 e. The molecule has 0 aromatic rings. The van der Waals surface area contributed by atoms with Crippen molar-refractivity contribution in [1.82, 2.24) is 0 Å². The smallest absolute Gasteiger partial charge is 0.0417 e. The zero-order valence-corrected chi connectivity index (χ0v) is 8.20. The monoisotopic (exact) mass is 201 g/mol. The lowest BCUT2D eigenvalue weighted by Gasteiger charge is -2.26. The lowest BCUT2D eigenvalue weighted by molar-refractivity contribution is 0.474.